The molecule has 3 aromatic rings. The van der Waals surface area contributed by atoms with Crippen LogP contribution >= 0.6 is 0 Å². The number of fused-ring (bicyclic) bond motifs is 1. The van der Waals surface area contributed by atoms with Gasteiger partial charge in [-0.2, -0.15) is 0 Å². The predicted molar refractivity (Wildman–Crippen MR) is 81.0 cm³/mol. The fraction of sp³-hybridized carbons (Fsp3) is 0.200. The van der Waals surface area contributed by atoms with Crippen molar-refractivity contribution in [3.05, 3.63) is 47.6 Å². The Morgan fingerprint density at radius 2 is 2.14 bits per heavy atom. The molecule has 2 aromatic heterocycles. The highest BCUT2D eigenvalue weighted by Crippen LogP contribution is 2.19. The van der Waals surface area contributed by atoms with Gasteiger partial charge in [0.05, 0.1) is 12.1 Å². The third kappa shape index (κ3) is 2.60. The Bertz CT molecular complexity index is 843. The van der Waals surface area contributed by atoms with Gasteiger partial charge in [-0.05, 0) is 25.1 Å². The van der Waals surface area contributed by atoms with E-state index in [1.54, 1.807) is 36.2 Å². The summed E-state index contributed by atoms with van der Waals surface area (Å²) in [5.41, 5.74) is 7.67. The zero-order chi connectivity index (χ0) is 15.7. The van der Waals surface area contributed by atoms with Crippen LogP contribution in [0.5, 0.6) is 0 Å². The first-order valence-electron chi connectivity index (χ1n) is 6.72. The van der Waals surface area contributed by atoms with Gasteiger partial charge in [0.1, 0.15) is 23.6 Å². The first-order valence-corrected chi connectivity index (χ1v) is 6.72. The van der Waals surface area contributed by atoms with Crippen molar-refractivity contribution in [3.63, 3.8) is 0 Å². The van der Waals surface area contributed by atoms with Crippen molar-refractivity contribution in [2.75, 3.05) is 12.8 Å². The second-order valence-electron chi connectivity index (χ2n) is 5.08. The molecule has 0 atom stereocenters. The van der Waals surface area contributed by atoms with Crippen LogP contribution in [-0.4, -0.2) is 33.0 Å². The van der Waals surface area contributed by atoms with Crippen LogP contribution in [0.3, 0.4) is 0 Å². The van der Waals surface area contributed by atoms with Gasteiger partial charge in [0.25, 0.3) is 5.91 Å². The molecular formula is C15H15N5O2. The van der Waals surface area contributed by atoms with Crippen LogP contribution in [0.1, 0.15) is 21.8 Å². The first-order chi connectivity index (χ1) is 10.5. The number of hydrogen-bond acceptors (Lipinski definition) is 6. The molecule has 0 aliphatic rings. The van der Waals surface area contributed by atoms with Crippen LogP contribution in [0.15, 0.2) is 35.1 Å². The highest BCUT2D eigenvalue weighted by atomic mass is 16.5. The quantitative estimate of drug-likeness (QED) is 0.791. The number of carbonyl (C=O) groups excluding carboxylic acids is 1. The Balaban J connectivity index is 1.85. The van der Waals surface area contributed by atoms with Crippen molar-refractivity contribution in [3.8, 4) is 0 Å². The molecule has 2 heterocycles. The van der Waals surface area contributed by atoms with Gasteiger partial charge >= 0.3 is 0 Å². The smallest absolute Gasteiger partial charge is 0.254 e. The van der Waals surface area contributed by atoms with Crippen LogP contribution in [-0.2, 0) is 6.54 Å². The molecule has 1 amide bonds. The molecule has 1 aromatic carbocycles. The van der Waals surface area contributed by atoms with Gasteiger partial charge in [-0.3, -0.25) is 4.79 Å². The van der Waals surface area contributed by atoms with Crippen LogP contribution in [0.2, 0.25) is 0 Å². The molecule has 7 heteroatoms. The number of carbonyl (C=O) groups is 1. The second-order valence-corrected chi connectivity index (χ2v) is 5.08. The minimum Gasteiger partial charge on any atom is -0.383 e. The van der Waals surface area contributed by atoms with Crippen molar-refractivity contribution < 1.29 is 9.32 Å². The maximum absolute atomic E-state index is 12.5. The number of hydrogen-bond donors (Lipinski definition) is 1. The standard InChI is InChI=1S/C15H15N5O2/c1-9-5-11(19-22-9)7-20(2)15(21)10-3-4-12-13(6-10)17-8-18-14(12)16/h3-6,8H,7H2,1-2H3,(H2,16,17,18). The van der Waals surface area contributed by atoms with E-state index in [9.17, 15) is 4.79 Å². The molecule has 7 nitrogen and oxygen atoms in total. The zero-order valence-corrected chi connectivity index (χ0v) is 12.3. The lowest BCUT2D eigenvalue weighted by Crippen LogP contribution is -2.26. The molecule has 0 aliphatic carbocycles. The van der Waals surface area contributed by atoms with Gasteiger partial charge in [-0.1, -0.05) is 5.16 Å². The highest BCUT2D eigenvalue weighted by molar-refractivity contribution is 5.99. The minimum atomic E-state index is -0.125. The highest BCUT2D eigenvalue weighted by Gasteiger charge is 2.15. The van der Waals surface area contributed by atoms with E-state index in [2.05, 4.69) is 15.1 Å². The van der Waals surface area contributed by atoms with Crippen LogP contribution in [0.25, 0.3) is 10.9 Å². The lowest BCUT2D eigenvalue weighted by atomic mass is 10.1. The summed E-state index contributed by atoms with van der Waals surface area (Å²) in [6.07, 6.45) is 1.38. The van der Waals surface area contributed by atoms with E-state index in [1.165, 1.54) is 6.33 Å². The van der Waals surface area contributed by atoms with Crippen LogP contribution in [0, 0.1) is 6.92 Å². The summed E-state index contributed by atoms with van der Waals surface area (Å²) in [6.45, 7) is 2.19. The van der Waals surface area contributed by atoms with Crippen molar-refractivity contribution in [2.24, 2.45) is 0 Å². The number of anilines is 1. The van der Waals surface area contributed by atoms with Gasteiger partial charge in [-0.15, -0.1) is 0 Å². The molecule has 0 bridgehead atoms. The normalized spacial score (nSPS) is 10.8. The Hall–Kier alpha value is -2.96. The third-order valence-corrected chi connectivity index (χ3v) is 3.34. The predicted octanol–water partition coefficient (Wildman–Crippen LogP) is 1.78. The Labute approximate surface area is 126 Å². The summed E-state index contributed by atoms with van der Waals surface area (Å²) in [6, 6.07) is 6.99. The Kier molecular flexibility index (Phi) is 3.46. The molecule has 0 spiro atoms. The lowest BCUT2D eigenvalue weighted by molar-refractivity contribution is 0.0782. The average Bonchev–Trinajstić information content (AvgIpc) is 2.91. The van der Waals surface area contributed by atoms with E-state index < -0.39 is 0 Å². The van der Waals surface area contributed by atoms with Crippen LogP contribution < -0.4 is 5.73 Å². The number of aromatic nitrogens is 3. The van der Waals surface area contributed by atoms with Crippen molar-refractivity contribution in [1.29, 1.82) is 0 Å². The van der Waals surface area contributed by atoms with E-state index in [0.717, 1.165) is 5.39 Å². The van der Waals surface area contributed by atoms with Gasteiger partial charge in [-0.25, -0.2) is 9.97 Å². The summed E-state index contributed by atoms with van der Waals surface area (Å²) < 4.78 is 5.00. The summed E-state index contributed by atoms with van der Waals surface area (Å²) in [5.74, 6) is 0.990. The molecular weight excluding hydrogens is 282 g/mol. The van der Waals surface area contributed by atoms with E-state index in [1.807, 2.05) is 6.92 Å². The Morgan fingerprint density at radius 3 is 2.86 bits per heavy atom. The molecule has 0 aliphatic heterocycles. The SMILES string of the molecule is Cc1cc(CN(C)C(=O)c2ccc3c(N)ncnc3c2)no1. The summed E-state index contributed by atoms with van der Waals surface area (Å²) in [4.78, 5) is 22.1. The number of nitrogen functional groups attached to an aromatic ring is 1. The summed E-state index contributed by atoms with van der Waals surface area (Å²) >= 11 is 0. The second kappa shape index (κ2) is 5.44. The Morgan fingerprint density at radius 1 is 1.32 bits per heavy atom. The number of nitrogens with zero attached hydrogens (tertiary/aromatic N) is 4. The number of aryl methyl sites for hydroxylation is 1. The van der Waals surface area contributed by atoms with Gasteiger partial charge in [0.2, 0.25) is 0 Å². The maximum atomic E-state index is 12.5. The van der Waals surface area contributed by atoms with E-state index in [0.29, 0.717) is 34.9 Å². The number of nitrogens with two attached hydrogens (primary N) is 1. The summed E-state index contributed by atoms with van der Waals surface area (Å²) in [7, 11) is 1.71. The largest absolute Gasteiger partial charge is 0.383 e. The van der Waals surface area contributed by atoms with Crippen molar-refractivity contribution >= 4 is 22.6 Å². The fourth-order valence-electron chi connectivity index (χ4n) is 2.24. The summed E-state index contributed by atoms with van der Waals surface area (Å²) in [5, 5.41) is 4.62. The van der Waals surface area contributed by atoms with Crippen LogP contribution in [0.4, 0.5) is 5.82 Å². The van der Waals surface area contributed by atoms with Gasteiger partial charge in [0.15, 0.2) is 0 Å². The van der Waals surface area contributed by atoms with Crippen molar-refractivity contribution in [2.45, 2.75) is 13.5 Å². The van der Waals surface area contributed by atoms with Gasteiger partial charge in [0, 0.05) is 24.1 Å². The molecule has 22 heavy (non-hydrogen) atoms. The number of rotatable bonds is 3. The topological polar surface area (TPSA) is 98.1 Å². The van der Waals surface area contributed by atoms with E-state index in [-0.39, 0.29) is 5.91 Å². The average molecular weight is 297 g/mol. The van der Waals surface area contributed by atoms with E-state index in [4.69, 9.17) is 10.3 Å². The molecule has 0 saturated carbocycles. The monoisotopic (exact) mass is 297 g/mol. The molecule has 0 unspecified atom stereocenters. The molecule has 0 radical (unpaired) electrons. The fourth-order valence-corrected chi connectivity index (χ4v) is 2.24. The minimum absolute atomic E-state index is 0.125. The number of amides is 1. The molecule has 112 valence electrons. The third-order valence-electron chi connectivity index (χ3n) is 3.34. The molecule has 0 fully saturated rings. The van der Waals surface area contributed by atoms with Gasteiger partial charge < -0.3 is 15.2 Å². The van der Waals surface area contributed by atoms with Crippen molar-refractivity contribution in [1.82, 2.24) is 20.0 Å². The van der Waals surface area contributed by atoms with E-state index >= 15 is 0 Å². The maximum Gasteiger partial charge on any atom is 0.254 e. The lowest BCUT2D eigenvalue weighted by Gasteiger charge is -2.15. The zero-order valence-electron chi connectivity index (χ0n) is 12.3. The molecule has 2 N–H and O–H groups in total. The molecule has 3 rings (SSSR count). The molecule has 0 saturated heterocycles. The number of benzene rings is 1. The first kappa shape index (κ1) is 14.0.